The Morgan fingerprint density at radius 2 is 1.45 bits per heavy atom. The van der Waals surface area contributed by atoms with Gasteiger partial charge in [0, 0.05) is 21.3 Å². The molecule has 0 amide bonds. The minimum atomic E-state index is 0.736. The number of thiophene rings is 1. The van der Waals surface area contributed by atoms with Crippen molar-refractivity contribution in [1.82, 2.24) is 9.97 Å². The highest BCUT2D eigenvalue weighted by molar-refractivity contribution is 7.20. The molecule has 3 heterocycles. The average molecular weight is 361 g/mol. The SMILES string of the molecule is Clc1ccc(-c2csc(-c3nc(-c4cccs4)cs3)n2)cc1. The first-order chi connectivity index (χ1) is 10.8. The Morgan fingerprint density at radius 3 is 2.14 bits per heavy atom. The Labute approximate surface area is 144 Å². The van der Waals surface area contributed by atoms with Crippen LogP contribution in [-0.2, 0) is 0 Å². The summed E-state index contributed by atoms with van der Waals surface area (Å²) in [5.74, 6) is 0. The molecule has 0 radical (unpaired) electrons. The van der Waals surface area contributed by atoms with Gasteiger partial charge in [-0.2, -0.15) is 0 Å². The Bertz CT molecular complexity index is 892. The van der Waals surface area contributed by atoms with Gasteiger partial charge in [-0.1, -0.05) is 29.8 Å². The number of rotatable bonds is 3. The van der Waals surface area contributed by atoms with E-state index in [9.17, 15) is 0 Å². The van der Waals surface area contributed by atoms with Crippen LogP contribution in [0.4, 0.5) is 0 Å². The molecule has 4 aromatic rings. The molecule has 0 atom stereocenters. The zero-order chi connectivity index (χ0) is 14.9. The minimum absolute atomic E-state index is 0.736. The van der Waals surface area contributed by atoms with Crippen molar-refractivity contribution in [2.75, 3.05) is 0 Å². The Hall–Kier alpha value is -1.53. The first kappa shape index (κ1) is 14.1. The zero-order valence-corrected chi connectivity index (χ0v) is 14.4. The molecule has 0 N–H and O–H groups in total. The molecule has 0 bridgehead atoms. The van der Waals surface area contributed by atoms with Gasteiger partial charge >= 0.3 is 0 Å². The van der Waals surface area contributed by atoms with Crippen molar-refractivity contribution in [2.45, 2.75) is 0 Å². The van der Waals surface area contributed by atoms with E-state index in [4.69, 9.17) is 21.6 Å². The van der Waals surface area contributed by atoms with Gasteiger partial charge in [0.05, 0.1) is 16.3 Å². The number of aromatic nitrogens is 2. The van der Waals surface area contributed by atoms with Crippen molar-refractivity contribution >= 4 is 45.6 Å². The third kappa shape index (κ3) is 2.73. The maximum absolute atomic E-state index is 5.93. The number of nitrogens with zero attached hydrogens (tertiary/aromatic N) is 2. The molecule has 0 unspecified atom stereocenters. The lowest BCUT2D eigenvalue weighted by Gasteiger charge is -1.95. The Balaban J connectivity index is 1.65. The van der Waals surface area contributed by atoms with E-state index in [-0.39, 0.29) is 0 Å². The molecule has 3 aromatic heterocycles. The van der Waals surface area contributed by atoms with Crippen LogP contribution < -0.4 is 0 Å². The predicted molar refractivity (Wildman–Crippen MR) is 97.0 cm³/mol. The van der Waals surface area contributed by atoms with Gasteiger partial charge in [0.2, 0.25) is 0 Å². The third-order valence-electron chi connectivity index (χ3n) is 3.10. The molecule has 22 heavy (non-hydrogen) atoms. The van der Waals surface area contributed by atoms with Gasteiger partial charge in [-0.15, -0.1) is 34.0 Å². The smallest absolute Gasteiger partial charge is 0.152 e. The van der Waals surface area contributed by atoms with Gasteiger partial charge in [0.1, 0.15) is 0 Å². The van der Waals surface area contributed by atoms with Crippen LogP contribution in [-0.4, -0.2) is 9.97 Å². The molecule has 2 nitrogen and oxygen atoms in total. The molecule has 1 aromatic carbocycles. The summed E-state index contributed by atoms with van der Waals surface area (Å²) in [6, 6.07) is 11.9. The highest BCUT2D eigenvalue weighted by Crippen LogP contribution is 2.34. The summed E-state index contributed by atoms with van der Waals surface area (Å²) in [5, 5.41) is 8.87. The highest BCUT2D eigenvalue weighted by atomic mass is 35.5. The number of benzene rings is 1. The summed E-state index contributed by atoms with van der Waals surface area (Å²) in [7, 11) is 0. The third-order valence-corrected chi connectivity index (χ3v) is 6.08. The summed E-state index contributed by atoms with van der Waals surface area (Å²) in [6.45, 7) is 0. The van der Waals surface area contributed by atoms with Crippen molar-refractivity contribution in [3.8, 4) is 31.8 Å². The van der Waals surface area contributed by atoms with Crippen molar-refractivity contribution < 1.29 is 0 Å². The second-order valence-electron chi connectivity index (χ2n) is 4.56. The first-order valence-corrected chi connectivity index (χ1v) is 9.52. The molecular weight excluding hydrogens is 352 g/mol. The van der Waals surface area contributed by atoms with E-state index in [0.29, 0.717) is 0 Å². The van der Waals surface area contributed by atoms with Crippen molar-refractivity contribution in [2.24, 2.45) is 0 Å². The molecule has 0 spiro atoms. The van der Waals surface area contributed by atoms with Crippen LogP contribution in [0.3, 0.4) is 0 Å². The molecule has 4 rings (SSSR count). The average Bonchev–Trinajstić information content (AvgIpc) is 3.27. The Kier molecular flexibility index (Phi) is 3.80. The highest BCUT2D eigenvalue weighted by Gasteiger charge is 2.12. The molecule has 108 valence electrons. The lowest BCUT2D eigenvalue weighted by molar-refractivity contribution is 1.36. The molecule has 0 aliphatic rings. The fourth-order valence-corrected chi connectivity index (χ4v) is 4.62. The fourth-order valence-electron chi connectivity index (χ4n) is 2.03. The van der Waals surface area contributed by atoms with Crippen LogP contribution >= 0.6 is 45.6 Å². The molecule has 0 aliphatic heterocycles. The van der Waals surface area contributed by atoms with E-state index in [2.05, 4.69) is 22.2 Å². The fraction of sp³-hybridized carbons (Fsp3) is 0. The van der Waals surface area contributed by atoms with Gasteiger partial charge in [-0.3, -0.25) is 0 Å². The molecule has 6 heteroatoms. The van der Waals surface area contributed by atoms with Gasteiger partial charge in [0.25, 0.3) is 0 Å². The quantitative estimate of drug-likeness (QED) is 0.427. The Morgan fingerprint density at radius 1 is 0.773 bits per heavy atom. The number of halogens is 1. The topological polar surface area (TPSA) is 25.8 Å². The largest absolute Gasteiger partial charge is 0.233 e. The normalized spacial score (nSPS) is 11.0. The van der Waals surface area contributed by atoms with Crippen LogP contribution in [0.25, 0.3) is 31.8 Å². The summed E-state index contributed by atoms with van der Waals surface area (Å²) in [6.07, 6.45) is 0. The van der Waals surface area contributed by atoms with E-state index < -0.39 is 0 Å². The van der Waals surface area contributed by atoms with E-state index in [1.165, 1.54) is 4.88 Å². The lowest BCUT2D eigenvalue weighted by atomic mass is 10.2. The molecule has 0 saturated carbocycles. The van der Waals surface area contributed by atoms with Crippen LogP contribution in [0.15, 0.2) is 52.5 Å². The zero-order valence-electron chi connectivity index (χ0n) is 11.2. The number of hydrogen-bond acceptors (Lipinski definition) is 5. The summed E-state index contributed by atoms with van der Waals surface area (Å²) in [4.78, 5) is 10.6. The van der Waals surface area contributed by atoms with E-state index in [1.807, 2.05) is 30.3 Å². The standard InChI is InChI=1S/C16H9ClN2S3/c17-11-5-3-10(4-6-11)12-8-21-15(18-12)16-19-13(9-22-16)14-2-1-7-20-14/h1-9H. The second-order valence-corrected chi connectivity index (χ2v) is 7.66. The summed E-state index contributed by atoms with van der Waals surface area (Å²) >= 11 is 10.9. The number of thiazole rings is 2. The molecule has 0 saturated heterocycles. The molecular formula is C16H9ClN2S3. The van der Waals surface area contributed by atoms with Crippen LogP contribution in [0.2, 0.25) is 5.02 Å². The van der Waals surface area contributed by atoms with Crippen molar-refractivity contribution in [3.05, 3.63) is 57.6 Å². The van der Waals surface area contributed by atoms with E-state index in [1.54, 1.807) is 34.0 Å². The van der Waals surface area contributed by atoms with Crippen molar-refractivity contribution in [3.63, 3.8) is 0 Å². The number of hydrogen-bond donors (Lipinski definition) is 0. The van der Waals surface area contributed by atoms with Crippen LogP contribution in [0, 0.1) is 0 Å². The van der Waals surface area contributed by atoms with Crippen molar-refractivity contribution in [1.29, 1.82) is 0 Å². The molecule has 0 fully saturated rings. The summed E-state index contributed by atoms with van der Waals surface area (Å²) in [5.41, 5.74) is 3.06. The maximum Gasteiger partial charge on any atom is 0.152 e. The monoisotopic (exact) mass is 360 g/mol. The van der Waals surface area contributed by atoms with Crippen LogP contribution in [0.5, 0.6) is 0 Å². The first-order valence-electron chi connectivity index (χ1n) is 6.51. The van der Waals surface area contributed by atoms with E-state index >= 15 is 0 Å². The maximum atomic E-state index is 5.93. The van der Waals surface area contributed by atoms with Gasteiger partial charge in [-0.25, -0.2) is 9.97 Å². The molecule has 0 aliphatic carbocycles. The van der Waals surface area contributed by atoms with Gasteiger partial charge in [-0.05, 0) is 23.6 Å². The lowest BCUT2D eigenvalue weighted by Crippen LogP contribution is -1.79. The van der Waals surface area contributed by atoms with Gasteiger partial charge < -0.3 is 0 Å². The predicted octanol–water partition coefficient (Wildman–Crippen LogP) is 6.32. The summed E-state index contributed by atoms with van der Waals surface area (Å²) < 4.78 is 0. The van der Waals surface area contributed by atoms with Crippen LogP contribution in [0.1, 0.15) is 0 Å². The second kappa shape index (κ2) is 5.93. The minimum Gasteiger partial charge on any atom is -0.233 e. The van der Waals surface area contributed by atoms with Gasteiger partial charge in [0.15, 0.2) is 10.0 Å². The van der Waals surface area contributed by atoms with E-state index in [0.717, 1.165) is 32.0 Å².